The molecule has 1 aliphatic carbocycles. The monoisotopic (exact) mass is 424 g/mol. The molecule has 1 aliphatic rings. The number of rotatable bonds is 11. The van der Waals surface area contributed by atoms with E-state index in [1.54, 1.807) is 13.0 Å². The van der Waals surface area contributed by atoms with Crippen LogP contribution in [0.25, 0.3) is 0 Å². The molecule has 0 aromatic heterocycles. The standard InChI is InChI=1S/C23H41N3O2S/c1-7-22(5,29(27,28)17-16-26-21(24)25)14-9-10-18(2)13-15-23(6)19(3)11-8-12-20(23)4/h7,10-11,20H,1,8-9,12-17H2,2-6H3,(H4,24,25,26)/p+1/b18-10+/t20-,22+,23-/m1/s1. The van der Waals surface area contributed by atoms with Crippen LogP contribution in [0.4, 0.5) is 0 Å². The molecule has 3 atom stereocenters. The minimum Gasteiger partial charge on any atom is -0.291 e. The Morgan fingerprint density at radius 3 is 2.66 bits per heavy atom. The summed E-state index contributed by atoms with van der Waals surface area (Å²) in [5, 5.41) is 0. The second-order valence-corrected chi connectivity index (χ2v) is 11.7. The Kier molecular flexibility index (Phi) is 9.19. The van der Waals surface area contributed by atoms with Crippen LogP contribution >= 0.6 is 0 Å². The van der Waals surface area contributed by atoms with Crippen molar-refractivity contribution >= 4 is 15.8 Å². The highest BCUT2D eigenvalue weighted by Gasteiger charge is 2.36. The molecule has 5 N–H and O–H groups in total. The van der Waals surface area contributed by atoms with Gasteiger partial charge in [-0.05, 0) is 70.6 Å². The molecule has 0 amide bonds. The molecule has 5 nitrogen and oxygen atoms in total. The SMILES string of the molecule is C=C[C@@](C)(CC/C=C(\C)CC[C@]1(C)C(C)=CCC[C@H]1C)S(=O)(=O)CC[NH+]=C(N)N. The average Bonchev–Trinajstić information content (AvgIpc) is 2.63. The highest BCUT2D eigenvalue weighted by Crippen LogP contribution is 2.45. The molecule has 0 spiro atoms. The quantitative estimate of drug-likeness (QED) is 0.270. The van der Waals surface area contributed by atoms with Crippen molar-refractivity contribution in [1.82, 2.24) is 0 Å². The van der Waals surface area contributed by atoms with Gasteiger partial charge in [-0.1, -0.05) is 43.2 Å². The first kappa shape index (κ1) is 25.5. The number of sulfone groups is 1. The molecule has 1 rings (SSSR count). The van der Waals surface area contributed by atoms with E-state index in [0.29, 0.717) is 18.8 Å². The third-order valence-corrected chi connectivity index (χ3v) is 9.59. The Labute approximate surface area is 178 Å². The predicted octanol–water partition coefficient (Wildman–Crippen LogP) is 2.59. The largest absolute Gasteiger partial charge is 0.338 e. The molecule has 0 saturated heterocycles. The molecule has 0 bridgehead atoms. The number of allylic oxidation sites excluding steroid dienone is 4. The van der Waals surface area contributed by atoms with Crippen molar-refractivity contribution in [3.8, 4) is 0 Å². The molecule has 0 fully saturated rings. The van der Waals surface area contributed by atoms with Gasteiger partial charge in [0.25, 0.3) is 0 Å². The van der Waals surface area contributed by atoms with Gasteiger partial charge in [0.2, 0.25) is 0 Å². The second-order valence-electron chi connectivity index (χ2n) is 9.09. The normalized spacial score (nSPS) is 25.1. The zero-order valence-corrected chi connectivity index (χ0v) is 19.9. The van der Waals surface area contributed by atoms with Crippen LogP contribution in [0.3, 0.4) is 0 Å². The topological polar surface area (TPSA) is 100 Å². The Hall–Kier alpha value is -1.56. The van der Waals surface area contributed by atoms with Crippen LogP contribution in [0.1, 0.15) is 73.1 Å². The number of guanidine groups is 1. The van der Waals surface area contributed by atoms with Crippen molar-refractivity contribution in [1.29, 1.82) is 0 Å². The van der Waals surface area contributed by atoms with E-state index >= 15 is 0 Å². The van der Waals surface area contributed by atoms with Crippen LogP contribution in [-0.4, -0.2) is 31.4 Å². The number of nitrogens with two attached hydrogens (primary N) is 2. The fourth-order valence-electron chi connectivity index (χ4n) is 4.05. The van der Waals surface area contributed by atoms with Crippen LogP contribution in [0.5, 0.6) is 0 Å². The van der Waals surface area contributed by atoms with E-state index in [4.69, 9.17) is 11.5 Å². The van der Waals surface area contributed by atoms with Gasteiger partial charge in [-0.3, -0.25) is 16.5 Å². The van der Waals surface area contributed by atoms with Crippen molar-refractivity contribution in [3.63, 3.8) is 0 Å². The van der Waals surface area contributed by atoms with E-state index in [9.17, 15) is 8.42 Å². The summed E-state index contributed by atoms with van der Waals surface area (Å²) in [6.07, 6.45) is 12.0. The first-order valence-corrected chi connectivity index (χ1v) is 12.3. The molecule has 0 heterocycles. The molecular formula is C23H42N3O2S+. The lowest BCUT2D eigenvalue weighted by molar-refractivity contribution is -0.453. The molecule has 166 valence electrons. The Bertz CT molecular complexity index is 763. The van der Waals surface area contributed by atoms with Gasteiger partial charge in [0.05, 0.1) is 17.0 Å². The van der Waals surface area contributed by atoms with Gasteiger partial charge in [-0.15, -0.1) is 6.58 Å². The maximum Gasteiger partial charge on any atom is 0.338 e. The third kappa shape index (κ3) is 6.73. The van der Waals surface area contributed by atoms with Gasteiger partial charge in [-0.2, -0.15) is 0 Å². The molecule has 0 unspecified atom stereocenters. The molecule has 6 heteroatoms. The zero-order valence-electron chi connectivity index (χ0n) is 19.1. The molecule has 0 aromatic rings. The van der Waals surface area contributed by atoms with Crippen LogP contribution in [0.2, 0.25) is 0 Å². The first-order chi connectivity index (χ1) is 13.4. The van der Waals surface area contributed by atoms with Crippen molar-refractivity contribution in [2.45, 2.75) is 77.9 Å². The summed E-state index contributed by atoms with van der Waals surface area (Å²) in [4.78, 5) is 2.67. The summed E-state index contributed by atoms with van der Waals surface area (Å²) in [5.74, 6) is 0.700. The maximum absolute atomic E-state index is 12.8. The van der Waals surface area contributed by atoms with Crippen LogP contribution in [-0.2, 0) is 9.84 Å². The summed E-state index contributed by atoms with van der Waals surface area (Å²) >= 11 is 0. The minimum absolute atomic E-state index is 0.0298. The Morgan fingerprint density at radius 2 is 2.10 bits per heavy atom. The van der Waals surface area contributed by atoms with E-state index < -0.39 is 14.6 Å². The van der Waals surface area contributed by atoms with Gasteiger partial charge in [0.1, 0.15) is 0 Å². The average molecular weight is 425 g/mol. The summed E-state index contributed by atoms with van der Waals surface area (Å²) < 4.78 is 24.6. The molecule has 0 radical (unpaired) electrons. The lowest BCUT2D eigenvalue weighted by atomic mass is 9.65. The predicted molar refractivity (Wildman–Crippen MR) is 124 cm³/mol. The molecule has 0 aliphatic heterocycles. The van der Waals surface area contributed by atoms with Gasteiger partial charge >= 0.3 is 5.96 Å². The smallest absolute Gasteiger partial charge is 0.291 e. The van der Waals surface area contributed by atoms with E-state index in [1.807, 2.05) is 0 Å². The molecule has 0 saturated carbocycles. The summed E-state index contributed by atoms with van der Waals surface area (Å²) in [6, 6.07) is 0. The highest BCUT2D eigenvalue weighted by atomic mass is 32.2. The van der Waals surface area contributed by atoms with Crippen LogP contribution in [0, 0.1) is 11.3 Å². The van der Waals surface area contributed by atoms with E-state index in [0.717, 1.165) is 12.8 Å². The third-order valence-electron chi connectivity index (χ3n) is 7.05. The second kappa shape index (κ2) is 10.5. The maximum atomic E-state index is 12.8. The van der Waals surface area contributed by atoms with Crippen LogP contribution in [0.15, 0.2) is 36.0 Å². The summed E-state index contributed by atoms with van der Waals surface area (Å²) in [6.45, 7) is 14.9. The first-order valence-electron chi connectivity index (χ1n) is 10.7. The fourth-order valence-corrected chi connectivity index (χ4v) is 5.57. The minimum atomic E-state index is -3.36. The highest BCUT2D eigenvalue weighted by molar-refractivity contribution is 7.92. The van der Waals surface area contributed by atoms with Crippen molar-refractivity contribution in [2.75, 3.05) is 12.3 Å². The van der Waals surface area contributed by atoms with E-state index in [-0.39, 0.29) is 23.7 Å². The van der Waals surface area contributed by atoms with Crippen LogP contribution < -0.4 is 16.5 Å². The molecule has 29 heavy (non-hydrogen) atoms. The number of nitrogens with one attached hydrogen (secondary N) is 1. The van der Waals surface area contributed by atoms with Gasteiger partial charge < -0.3 is 0 Å². The summed E-state index contributed by atoms with van der Waals surface area (Å²) in [7, 11) is -3.36. The number of hydrogen-bond donors (Lipinski definition) is 3. The summed E-state index contributed by atoms with van der Waals surface area (Å²) in [5.41, 5.74) is 13.8. The Balaban J connectivity index is 2.69. The van der Waals surface area contributed by atoms with E-state index in [2.05, 4.69) is 51.4 Å². The number of hydrogen-bond acceptors (Lipinski definition) is 2. The van der Waals surface area contributed by atoms with Gasteiger partial charge in [0, 0.05) is 0 Å². The van der Waals surface area contributed by atoms with Crippen molar-refractivity contribution in [2.24, 2.45) is 22.8 Å². The lowest BCUT2D eigenvalue weighted by Crippen LogP contribution is -2.79. The fraction of sp³-hybridized carbons (Fsp3) is 0.696. The van der Waals surface area contributed by atoms with E-state index in [1.165, 1.54) is 24.0 Å². The zero-order chi connectivity index (χ0) is 22.3. The lowest BCUT2D eigenvalue weighted by Gasteiger charge is -2.40. The van der Waals surface area contributed by atoms with Gasteiger partial charge in [-0.25, -0.2) is 8.42 Å². The van der Waals surface area contributed by atoms with Crippen molar-refractivity contribution < 1.29 is 13.4 Å². The Morgan fingerprint density at radius 1 is 1.45 bits per heavy atom. The van der Waals surface area contributed by atoms with Gasteiger partial charge in [0.15, 0.2) is 9.84 Å². The molecular weight excluding hydrogens is 382 g/mol. The van der Waals surface area contributed by atoms with Crippen molar-refractivity contribution in [3.05, 3.63) is 36.0 Å². The molecule has 0 aromatic carbocycles.